The van der Waals surface area contributed by atoms with Gasteiger partial charge in [-0.3, -0.25) is 24.0 Å². The number of aldehydes is 1. The van der Waals surface area contributed by atoms with E-state index < -0.39 is 41.3 Å². The molecule has 0 saturated carbocycles. The molecule has 0 aromatic heterocycles. The Kier molecular flexibility index (Phi) is 5.66. The van der Waals surface area contributed by atoms with Crippen LogP contribution >= 0.6 is 0 Å². The fourth-order valence-corrected chi connectivity index (χ4v) is 2.67. The zero-order valence-electron chi connectivity index (χ0n) is 14.5. The summed E-state index contributed by atoms with van der Waals surface area (Å²) in [5.74, 6) is -2.30. The molecule has 8 nitrogen and oxygen atoms in total. The Morgan fingerprint density at radius 1 is 1.27 bits per heavy atom. The largest absolute Gasteiger partial charge is 0.461 e. The zero-order chi connectivity index (χ0) is 19.5. The minimum Gasteiger partial charge on any atom is -0.461 e. The average Bonchev–Trinajstić information content (AvgIpc) is 3.31. The van der Waals surface area contributed by atoms with Crippen LogP contribution < -0.4 is 0 Å². The van der Waals surface area contributed by atoms with E-state index in [0.717, 1.165) is 6.08 Å². The summed E-state index contributed by atoms with van der Waals surface area (Å²) in [7, 11) is 0. The number of ether oxygens (including phenoxy) is 3. The van der Waals surface area contributed by atoms with E-state index in [4.69, 9.17) is 14.2 Å². The number of carbonyl (C=O) groups excluding carboxylic acids is 5. The van der Waals surface area contributed by atoms with Crippen LogP contribution in [0.3, 0.4) is 0 Å². The van der Waals surface area contributed by atoms with Crippen molar-refractivity contribution in [3.63, 3.8) is 0 Å². The van der Waals surface area contributed by atoms with Crippen molar-refractivity contribution in [1.82, 2.24) is 0 Å². The minimum atomic E-state index is -1.63. The van der Waals surface area contributed by atoms with Crippen LogP contribution in [0.25, 0.3) is 0 Å². The molecule has 1 fully saturated rings. The van der Waals surface area contributed by atoms with Crippen molar-refractivity contribution < 1.29 is 38.2 Å². The summed E-state index contributed by atoms with van der Waals surface area (Å²) in [5.41, 5.74) is -1.06. The van der Waals surface area contributed by atoms with Crippen molar-refractivity contribution in [2.75, 3.05) is 6.61 Å². The van der Waals surface area contributed by atoms with Gasteiger partial charge in [0.2, 0.25) is 5.60 Å². The van der Waals surface area contributed by atoms with Gasteiger partial charge in [0, 0.05) is 19.4 Å². The van der Waals surface area contributed by atoms with Crippen LogP contribution in [0, 0.1) is 0 Å². The zero-order valence-corrected chi connectivity index (χ0v) is 14.5. The van der Waals surface area contributed by atoms with E-state index in [0.29, 0.717) is 11.9 Å². The number of hydrogen-bond acceptors (Lipinski definition) is 8. The van der Waals surface area contributed by atoms with Crippen LogP contribution in [-0.4, -0.2) is 54.2 Å². The molecule has 26 heavy (non-hydrogen) atoms. The number of fused-ring (bicyclic) bond motifs is 1. The van der Waals surface area contributed by atoms with Gasteiger partial charge in [0.1, 0.15) is 12.9 Å². The van der Waals surface area contributed by atoms with E-state index in [9.17, 15) is 24.0 Å². The smallest absolute Gasteiger partial charge is 0.303 e. The molecule has 0 N–H and O–H groups in total. The van der Waals surface area contributed by atoms with E-state index in [2.05, 4.69) is 0 Å². The normalized spacial score (nSPS) is 26.0. The third-order valence-corrected chi connectivity index (χ3v) is 3.89. The summed E-state index contributed by atoms with van der Waals surface area (Å²) >= 11 is 0. The molecule has 1 heterocycles. The molecule has 1 saturated heterocycles. The molecule has 2 aliphatic rings. The number of rotatable bonds is 7. The van der Waals surface area contributed by atoms with Gasteiger partial charge in [0.15, 0.2) is 23.8 Å². The number of allylic oxidation sites excluding steroid dienone is 3. The second-order valence-electron chi connectivity index (χ2n) is 5.91. The van der Waals surface area contributed by atoms with Crippen molar-refractivity contribution in [3.05, 3.63) is 35.5 Å². The van der Waals surface area contributed by atoms with Gasteiger partial charge in [0.25, 0.3) is 0 Å². The summed E-state index contributed by atoms with van der Waals surface area (Å²) < 4.78 is 15.3. The summed E-state index contributed by atoms with van der Waals surface area (Å²) in [6, 6.07) is 0. The van der Waals surface area contributed by atoms with Crippen molar-refractivity contribution in [1.29, 1.82) is 0 Å². The van der Waals surface area contributed by atoms with Gasteiger partial charge in [-0.05, 0) is 25.2 Å². The monoisotopic (exact) mass is 362 g/mol. The lowest BCUT2D eigenvalue weighted by molar-refractivity contribution is -0.149. The van der Waals surface area contributed by atoms with Gasteiger partial charge in [-0.1, -0.05) is 11.6 Å². The van der Waals surface area contributed by atoms with Gasteiger partial charge < -0.3 is 14.2 Å². The molecule has 0 unspecified atom stereocenters. The van der Waals surface area contributed by atoms with Crippen LogP contribution in [0.5, 0.6) is 0 Å². The molecule has 0 aromatic carbocycles. The molecule has 1 aliphatic carbocycles. The van der Waals surface area contributed by atoms with Crippen molar-refractivity contribution >= 4 is 29.8 Å². The number of carbonyl (C=O) groups is 5. The highest BCUT2D eigenvalue weighted by molar-refractivity contribution is 6.19. The number of esters is 2. The fourth-order valence-electron chi connectivity index (χ4n) is 2.67. The third kappa shape index (κ3) is 3.85. The Hall–Kier alpha value is -2.87. The maximum Gasteiger partial charge on any atom is 0.303 e. The van der Waals surface area contributed by atoms with Gasteiger partial charge in [-0.2, -0.15) is 0 Å². The van der Waals surface area contributed by atoms with E-state index in [-0.39, 0.29) is 12.2 Å². The maximum absolute atomic E-state index is 12.6. The Balaban J connectivity index is 2.32. The molecule has 0 bridgehead atoms. The SMILES string of the molecule is CC(=O)OCC1=CC(=O)[C@@]2([C@H](/C=C(C)/C=C/C=O)OC(C)=O)O[C@H]2C1=O. The quantitative estimate of drug-likeness (QED) is 0.210. The van der Waals surface area contributed by atoms with Crippen LogP contribution in [0.15, 0.2) is 35.5 Å². The predicted molar refractivity (Wildman–Crippen MR) is 86.8 cm³/mol. The molecule has 2 rings (SSSR count). The summed E-state index contributed by atoms with van der Waals surface area (Å²) in [6.07, 6.45) is 3.52. The topological polar surface area (TPSA) is 116 Å². The predicted octanol–water partition coefficient (Wildman–Crippen LogP) is 0.398. The number of hydrogen-bond donors (Lipinski definition) is 0. The molecule has 0 radical (unpaired) electrons. The van der Waals surface area contributed by atoms with Crippen LogP contribution in [0.1, 0.15) is 20.8 Å². The molecule has 0 amide bonds. The standard InChI is InChI=1S/C18H18O8/c1-10(5-4-6-19)7-15(25-12(3)21)18-14(22)8-13(9-24-11(2)20)16(23)17(18)26-18/h4-8,15,17H,9H2,1-3H3/b5-4+,10-7+/t15-,17-,18-/m0/s1. The summed E-state index contributed by atoms with van der Waals surface area (Å²) in [5, 5.41) is 0. The van der Waals surface area contributed by atoms with Gasteiger partial charge in [-0.25, -0.2) is 0 Å². The maximum atomic E-state index is 12.6. The number of ketones is 2. The first-order valence-electron chi connectivity index (χ1n) is 7.80. The molecule has 138 valence electrons. The molecule has 0 spiro atoms. The first-order chi connectivity index (χ1) is 12.2. The lowest BCUT2D eigenvalue weighted by Crippen LogP contribution is -2.46. The van der Waals surface area contributed by atoms with Crippen molar-refractivity contribution in [2.45, 2.75) is 38.6 Å². The summed E-state index contributed by atoms with van der Waals surface area (Å²) in [6.45, 7) is 3.67. The van der Waals surface area contributed by atoms with Gasteiger partial charge >= 0.3 is 11.9 Å². The average molecular weight is 362 g/mol. The minimum absolute atomic E-state index is 0.0199. The second kappa shape index (κ2) is 7.57. The van der Waals surface area contributed by atoms with E-state index in [1.807, 2.05) is 0 Å². The van der Waals surface area contributed by atoms with E-state index >= 15 is 0 Å². The van der Waals surface area contributed by atoms with Gasteiger partial charge in [0.05, 0.1) is 0 Å². The van der Waals surface area contributed by atoms with Crippen molar-refractivity contribution in [3.8, 4) is 0 Å². The Morgan fingerprint density at radius 3 is 2.54 bits per heavy atom. The summed E-state index contributed by atoms with van der Waals surface area (Å²) in [4.78, 5) is 57.8. The second-order valence-corrected chi connectivity index (χ2v) is 5.91. The molecule has 0 aromatic rings. The van der Waals surface area contributed by atoms with Crippen LogP contribution in [-0.2, 0) is 38.2 Å². The van der Waals surface area contributed by atoms with Crippen molar-refractivity contribution in [2.24, 2.45) is 0 Å². The first-order valence-corrected chi connectivity index (χ1v) is 7.80. The van der Waals surface area contributed by atoms with Crippen LogP contribution in [0.4, 0.5) is 0 Å². The third-order valence-electron chi connectivity index (χ3n) is 3.89. The molecule has 3 atom stereocenters. The lowest BCUT2D eigenvalue weighted by atomic mass is 9.83. The Bertz CT molecular complexity index is 757. The van der Waals surface area contributed by atoms with E-state index in [1.54, 1.807) is 6.92 Å². The Morgan fingerprint density at radius 2 is 1.96 bits per heavy atom. The highest BCUT2D eigenvalue weighted by Gasteiger charge is 2.72. The van der Waals surface area contributed by atoms with Gasteiger partial charge in [-0.15, -0.1) is 0 Å². The number of Topliss-reactive ketones (excluding diaryl/α,β-unsaturated/α-hetero) is 1. The fraction of sp³-hybridized carbons (Fsp3) is 0.389. The Labute approximate surface area is 149 Å². The lowest BCUT2D eigenvalue weighted by Gasteiger charge is -2.23. The number of epoxide rings is 1. The first kappa shape index (κ1) is 19.5. The molecular weight excluding hydrogens is 344 g/mol. The van der Waals surface area contributed by atoms with E-state index in [1.165, 1.54) is 32.1 Å². The molecular formula is C18H18O8. The molecule has 1 aliphatic heterocycles. The molecule has 8 heteroatoms. The highest BCUT2D eigenvalue weighted by atomic mass is 16.7. The highest BCUT2D eigenvalue weighted by Crippen LogP contribution is 2.47. The van der Waals surface area contributed by atoms with Crippen LogP contribution in [0.2, 0.25) is 0 Å².